The molecule has 4 aromatic rings. The lowest BCUT2D eigenvalue weighted by Gasteiger charge is -2.24. The van der Waals surface area contributed by atoms with E-state index >= 15 is 0 Å². The lowest BCUT2D eigenvalue weighted by Crippen LogP contribution is -2.31. The highest BCUT2D eigenvalue weighted by Gasteiger charge is 2.19. The molecule has 2 aromatic heterocycles. The molecule has 0 spiro atoms. The van der Waals surface area contributed by atoms with E-state index in [-0.39, 0.29) is 5.82 Å². The Bertz CT molecular complexity index is 1130. The second-order valence-electron chi connectivity index (χ2n) is 7.58. The zero-order valence-corrected chi connectivity index (χ0v) is 16.7. The van der Waals surface area contributed by atoms with E-state index in [4.69, 9.17) is 0 Å². The summed E-state index contributed by atoms with van der Waals surface area (Å²) >= 11 is 0. The maximum atomic E-state index is 13.2. The Hall–Kier alpha value is -3.32. The second kappa shape index (κ2) is 8.20. The summed E-state index contributed by atoms with van der Waals surface area (Å²) in [6.07, 6.45) is 2.60. The van der Waals surface area contributed by atoms with Gasteiger partial charge in [-0.25, -0.2) is 9.37 Å². The predicted octanol–water partition coefficient (Wildman–Crippen LogP) is 3.64. The molecule has 0 atom stereocenters. The van der Waals surface area contributed by atoms with Gasteiger partial charge in [0.05, 0.1) is 5.69 Å². The fourth-order valence-corrected chi connectivity index (χ4v) is 3.98. The Balaban J connectivity index is 1.39. The molecule has 0 bridgehead atoms. The van der Waals surface area contributed by atoms with Gasteiger partial charge in [-0.2, -0.15) is 14.6 Å². The standard InChI is InChI=1S/C23H23FN6/c24-20-9-7-18(8-10-20)16-28-11-4-12-29(14-13-28)22-15-21(19-5-2-1-3-6-19)27-23-25-17-26-30(22)23/h1-3,5-10,15,17H,4,11-14,16H2. The van der Waals surface area contributed by atoms with Gasteiger partial charge in [0.1, 0.15) is 18.0 Å². The van der Waals surface area contributed by atoms with Gasteiger partial charge in [0.15, 0.2) is 0 Å². The summed E-state index contributed by atoms with van der Waals surface area (Å²) < 4.78 is 15.0. The number of hydrogen-bond acceptors (Lipinski definition) is 5. The van der Waals surface area contributed by atoms with Crippen LogP contribution in [-0.4, -0.2) is 50.7 Å². The molecule has 7 heteroatoms. The highest BCUT2D eigenvalue weighted by Crippen LogP contribution is 2.24. The molecule has 152 valence electrons. The lowest BCUT2D eigenvalue weighted by molar-refractivity contribution is 0.285. The van der Waals surface area contributed by atoms with E-state index in [0.29, 0.717) is 5.78 Å². The van der Waals surface area contributed by atoms with Crippen LogP contribution in [0.3, 0.4) is 0 Å². The minimum Gasteiger partial charge on any atom is -0.355 e. The van der Waals surface area contributed by atoms with E-state index in [1.165, 1.54) is 12.1 Å². The molecule has 3 heterocycles. The van der Waals surface area contributed by atoms with Crippen molar-refractivity contribution < 1.29 is 4.39 Å². The van der Waals surface area contributed by atoms with Crippen LogP contribution in [0, 0.1) is 5.82 Å². The number of rotatable bonds is 4. The van der Waals surface area contributed by atoms with Crippen LogP contribution in [-0.2, 0) is 6.54 Å². The third-order valence-electron chi connectivity index (χ3n) is 5.53. The first-order chi connectivity index (χ1) is 14.8. The van der Waals surface area contributed by atoms with E-state index < -0.39 is 0 Å². The van der Waals surface area contributed by atoms with Crippen LogP contribution < -0.4 is 4.90 Å². The Morgan fingerprint density at radius 2 is 1.73 bits per heavy atom. The minimum absolute atomic E-state index is 0.190. The first kappa shape index (κ1) is 18.7. The SMILES string of the molecule is Fc1ccc(CN2CCCN(c3cc(-c4ccccc4)nc4ncnn34)CC2)cc1. The molecule has 1 aliphatic rings. The number of hydrogen-bond donors (Lipinski definition) is 0. The van der Waals surface area contributed by atoms with Crippen LogP contribution in [0.4, 0.5) is 10.2 Å². The van der Waals surface area contributed by atoms with Crippen molar-refractivity contribution in [1.29, 1.82) is 0 Å². The van der Waals surface area contributed by atoms with Gasteiger partial charge >= 0.3 is 0 Å². The molecule has 1 aliphatic heterocycles. The minimum atomic E-state index is -0.190. The van der Waals surface area contributed by atoms with Gasteiger partial charge in [-0.15, -0.1) is 0 Å². The van der Waals surface area contributed by atoms with Crippen LogP contribution in [0.15, 0.2) is 67.0 Å². The zero-order chi connectivity index (χ0) is 20.3. The first-order valence-electron chi connectivity index (χ1n) is 10.2. The summed E-state index contributed by atoms with van der Waals surface area (Å²) in [5.41, 5.74) is 3.11. The summed E-state index contributed by atoms with van der Waals surface area (Å²) in [4.78, 5) is 13.8. The van der Waals surface area contributed by atoms with Crippen molar-refractivity contribution in [2.24, 2.45) is 0 Å². The monoisotopic (exact) mass is 402 g/mol. The molecule has 0 radical (unpaired) electrons. The largest absolute Gasteiger partial charge is 0.355 e. The summed E-state index contributed by atoms with van der Waals surface area (Å²) in [6, 6.07) is 19.1. The van der Waals surface area contributed by atoms with Gasteiger partial charge in [0.2, 0.25) is 0 Å². The highest BCUT2D eigenvalue weighted by atomic mass is 19.1. The zero-order valence-electron chi connectivity index (χ0n) is 16.7. The number of halogens is 1. The fourth-order valence-electron chi connectivity index (χ4n) is 3.98. The number of fused-ring (bicyclic) bond motifs is 1. The molecule has 0 amide bonds. The van der Waals surface area contributed by atoms with Gasteiger partial charge in [0.25, 0.3) is 5.78 Å². The van der Waals surface area contributed by atoms with Crippen LogP contribution in [0.25, 0.3) is 17.0 Å². The smallest absolute Gasteiger partial charge is 0.254 e. The van der Waals surface area contributed by atoms with Crippen molar-refractivity contribution in [1.82, 2.24) is 24.5 Å². The molecule has 6 nitrogen and oxygen atoms in total. The topological polar surface area (TPSA) is 49.6 Å². The molecule has 0 unspecified atom stereocenters. The normalized spacial score (nSPS) is 15.4. The van der Waals surface area contributed by atoms with Crippen molar-refractivity contribution >= 4 is 11.6 Å². The number of anilines is 1. The van der Waals surface area contributed by atoms with Crippen LogP contribution in [0.1, 0.15) is 12.0 Å². The van der Waals surface area contributed by atoms with Crippen LogP contribution >= 0.6 is 0 Å². The lowest BCUT2D eigenvalue weighted by atomic mass is 10.1. The van der Waals surface area contributed by atoms with Gasteiger partial charge in [-0.05, 0) is 24.1 Å². The quantitative estimate of drug-likeness (QED) is 0.522. The van der Waals surface area contributed by atoms with Crippen LogP contribution in [0.2, 0.25) is 0 Å². The average molecular weight is 402 g/mol. The second-order valence-corrected chi connectivity index (χ2v) is 7.58. The van der Waals surface area contributed by atoms with Crippen molar-refractivity contribution in [2.45, 2.75) is 13.0 Å². The maximum absolute atomic E-state index is 13.2. The fraction of sp³-hybridized carbons (Fsp3) is 0.261. The molecule has 30 heavy (non-hydrogen) atoms. The first-order valence-corrected chi connectivity index (χ1v) is 10.2. The molecule has 1 fully saturated rings. The Morgan fingerprint density at radius 1 is 0.900 bits per heavy atom. The van der Waals surface area contributed by atoms with Crippen molar-refractivity contribution in [3.8, 4) is 11.3 Å². The van der Waals surface area contributed by atoms with E-state index in [9.17, 15) is 4.39 Å². The summed E-state index contributed by atoms with van der Waals surface area (Å²) in [6.45, 7) is 4.58. The van der Waals surface area contributed by atoms with Crippen molar-refractivity contribution in [3.05, 3.63) is 78.4 Å². The number of benzene rings is 2. The van der Waals surface area contributed by atoms with Crippen molar-refractivity contribution in [3.63, 3.8) is 0 Å². The molecule has 0 aliphatic carbocycles. The number of aromatic nitrogens is 4. The molecule has 1 saturated heterocycles. The van der Waals surface area contributed by atoms with Gasteiger partial charge in [0, 0.05) is 44.4 Å². The summed E-state index contributed by atoms with van der Waals surface area (Å²) in [7, 11) is 0. The third kappa shape index (κ3) is 3.89. The van der Waals surface area contributed by atoms with Crippen LogP contribution in [0.5, 0.6) is 0 Å². The summed E-state index contributed by atoms with van der Waals surface area (Å²) in [5.74, 6) is 1.43. The van der Waals surface area contributed by atoms with E-state index in [2.05, 4.69) is 43.1 Å². The average Bonchev–Trinajstić information content (AvgIpc) is 3.14. The summed E-state index contributed by atoms with van der Waals surface area (Å²) in [5, 5.41) is 4.41. The molecular weight excluding hydrogens is 379 g/mol. The Kier molecular flexibility index (Phi) is 5.11. The molecular formula is C23H23FN6. The van der Waals surface area contributed by atoms with Gasteiger partial charge in [-0.3, -0.25) is 4.90 Å². The van der Waals surface area contributed by atoms with E-state index in [1.807, 2.05) is 34.8 Å². The molecule has 2 aromatic carbocycles. The van der Waals surface area contributed by atoms with Crippen molar-refractivity contribution in [2.75, 3.05) is 31.1 Å². The molecule has 0 saturated carbocycles. The van der Waals surface area contributed by atoms with E-state index in [0.717, 1.165) is 61.8 Å². The van der Waals surface area contributed by atoms with Gasteiger partial charge in [-0.1, -0.05) is 42.5 Å². The Labute approximate surface area is 174 Å². The molecule has 0 N–H and O–H groups in total. The maximum Gasteiger partial charge on any atom is 0.254 e. The number of nitrogens with zero attached hydrogens (tertiary/aromatic N) is 6. The van der Waals surface area contributed by atoms with E-state index in [1.54, 1.807) is 6.33 Å². The third-order valence-corrected chi connectivity index (χ3v) is 5.53. The van der Waals surface area contributed by atoms with Gasteiger partial charge < -0.3 is 4.90 Å². The molecule has 5 rings (SSSR count). The Morgan fingerprint density at radius 3 is 2.57 bits per heavy atom. The predicted molar refractivity (Wildman–Crippen MR) is 115 cm³/mol. The highest BCUT2D eigenvalue weighted by molar-refractivity contribution is 5.65.